The molecule has 2 heterocycles. The standard InChI is InChI=1S/C28H33ClN4O3/c1-7-9-25(33(5)6)22-12-19(4)32-27-21(22)10-8-11-26(27)35-17-23-20(13-30-15-24(23)29)14-31-28(34)36-16-18(2)3/h7-13,15,18H,1,14,16-17H2,2-6H3,(H,31,34)/b25-9-. The van der Waals surface area contributed by atoms with Gasteiger partial charge in [-0.15, -0.1) is 0 Å². The third-order valence-corrected chi connectivity index (χ3v) is 5.73. The molecule has 0 saturated carbocycles. The Hall–Kier alpha value is -3.58. The number of fused-ring (bicyclic) bond motifs is 1. The molecule has 1 N–H and O–H groups in total. The Morgan fingerprint density at radius 1 is 1.28 bits per heavy atom. The number of halogens is 1. The molecule has 1 amide bonds. The van der Waals surface area contributed by atoms with E-state index in [9.17, 15) is 4.79 Å². The predicted molar refractivity (Wildman–Crippen MR) is 145 cm³/mol. The fourth-order valence-corrected chi connectivity index (χ4v) is 3.93. The smallest absolute Gasteiger partial charge is 0.407 e. The molecule has 0 bridgehead atoms. The van der Waals surface area contributed by atoms with Crippen molar-refractivity contribution in [2.24, 2.45) is 5.92 Å². The number of aryl methyl sites for hydroxylation is 1. The number of nitrogens with one attached hydrogen (secondary N) is 1. The molecule has 0 unspecified atom stereocenters. The van der Waals surface area contributed by atoms with Crippen LogP contribution in [0.25, 0.3) is 16.6 Å². The van der Waals surface area contributed by atoms with Gasteiger partial charge in [-0.1, -0.05) is 50.2 Å². The molecule has 0 aliphatic rings. The first-order valence-electron chi connectivity index (χ1n) is 11.8. The minimum Gasteiger partial charge on any atom is -0.487 e. The van der Waals surface area contributed by atoms with Gasteiger partial charge >= 0.3 is 6.09 Å². The number of hydrogen-bond acceptors (Lipinski definition) is 6. The molecule has 0 fully saturated rings. The number of carbonyl (C=O) groups excluding carboxylic acids is 1. The van der Waals surface area contributed by atoms with Crippen LogP contribution in [0.2, 0.25) is 5.02 Å². The van der Waals surface area contributed by atoms with Crippen LogP contribution in [-0.4, -0.2) is 41.7 Å². The molecule has 3 rings (SSSR count). The van der Waals surface area contributed by atoms with Crippen molar-refractivity contribution >= 4 is 34.3 Å². The lowest BCUT2D eigenvalue weighted by Gasteiger charge is -2.20. The van der Waals surface area contributed by atoms with E-state index in [-0.39, 0.29) is 19.1 Å². The Morgan fingerprint density at radius 3 is 2.75 bits per heavy atom. The van der Waals surface area contributed by atoms with Gasteiger partial charge in [0.1, 0.15) is 17.9 Å². The summed E-state index contributed by atoms with van der Waals surface area (Å²) in [4.78, 5) is 23.0. The monoisotopic (exact) mass is 508 g/mol. The van der Waals surface area contributed by atoms with Crippen molar-refractivity contribution in [2.75, 3.05) is 20.7 Å². The maximum atomic E-state index is 12.0. The van der Waals surface area contributed by atoms with Crippen LogP contribution in [0, 0.1) is 12.8 Å². The van der Waals surface area contributed by atoms with Gasteiger partial charge in [0.2, 0.25) is 0 Å². The highest BCUT2D eigenvalue weighted by molar-refractivity contribution is 6.31. The lowest BCUT2D eigenvalue weighted by molar-refractivity contribution is 0.132. The van der Waals surface area contributed by atoms with Gasteiger partial charge in [0.05, 0.1) is 11.6 Å². The second-order valence-electron chi connectivity index (χ2n) is 9.04. The van der Waals surface area contributed by atoms with E-state index in [4.69, 9.17) is 26.1 Å². The third-order valence-electron chi connectivity index (χ3n) is 5.40. The van der Waals surface area contributed by atoms with E-state index < -0.39 is 6.09 Å². The zero-order valence-electron chi connectivity index (χ0n) is 21.5. The summed E-state index contributed by atoms with van der Waals surface area (Å²) in [7, 11) is 3.99. The molecule has 2 aromatic heterocycles. The van der Waals surface area contributed by atoms with E-state index in [1.807, 2.05) is 64.0 Å². The van der Waals surface area contributed by atoms with Crippen LogP contribution >= 0.6 is 11.6 Å². The summed E-state index contributed by atoms with van der Waals surface area (Å²) in [6.07, 6.45) is 6.50. The third kappa shape index (κ3) is 6.76. The summed E-state index contributed by atoms with van der Waals surface area (Å²) < 4.78 is 11.4. The molecule has 190 valence electrons. The number of rotatable bonds is 10. The Bertz CT molecular complexity index is 1270. The van der Waals surface area contributed by atoms with Crippen LogP contribution in [0.3, 0.4) is 0 Å². The topological polar surface area (TPSA) is 76.6 Å². The lowest BCUT2D eigenvalue weighted by atomic mass is 10.0. The van der Waals surface area contributed by atoms with Gasteiger partial charge in [-0.25, -0.2) is 9.78 Å². The van der Waals surface area contributed by atoms with Crippen molar-refractivity contribution in [3.63, 3.8) is 0 Å². The molecule has 8 heteroatoms. The van der Waals surface area contributed by atoms with E-state index in [1.54, 1.807) is 18.5 Å². The molecule has 0 aliphatic carbocycles. The maximum Gasteiger partial charge on any atom is 0.407 e. The second-order valence-corrected chi connectivity index (χ2v) is 9.45. The molecule has 3 aromatic rings. The molecule has 0 aliphatic heterocycles. The van der Waals surface area contributed by atoms with E-state index in [2.05, 4.69) is 22.9 Å². The van der Waals surface area contributed by atoms with Gasteiger partial charge in [-0.2, -0.15) is 0 Å². The molecule has 0 atom stereocenters. The van der Waals surface area contributed by atoms with Gasteiger partial charge in [0.15, 0.2) is 0 Å². The predicted octanol–water partition coefficient (Wildman–Crippen LogP) is 6.14. The summed E-state index contributed by atoms with van der Waals surface area (Å²) in [5.74, 6) is 0.893. The lowest BCUT2D eigenvalue weighted by Crippen LogP contribution is -2.26. The summed E-state index contributed by atoms with van der Waals surface area (Å²) in [5.41, 5.74) is 5.18. The number of benzene rings is 1. The number of alkyl carbamates (subject to hydrolysis) is 1. The Morgan fingerprint density at radius 2 is 2.06 bits per heavy atom. The molecule has 36 heavy (non-hydrogen) atoms. The molecule has 0 radical (unpaired) electrons. The average Bonchev–Trinajstić information content (AvgIpc) is 2.83. The number of hydrogen-bond donors (Lipinski definition) is 1. The van der Waals surface area contributed by atoms with Crippen molar-refractivity contribution in [3.8, 4) is 5.75 Å². The van der Waals surface area contributed by atoms with Gasteiger partial charge in [0.25, 0.3) is 0 Å². The van der Waals surface area contributed by atoms with Crippen LogP contribution in [0.1, 0.15) is 36.2 Å². The Kier molecular flexibility index (Phi) is 9.31. The van der Waals surface area contributed by atoms with Gasteiger partial charge in [-0.3, -0.25) is 4.98 Å². The van der Waals surface area contributed by atoms with Crippen LogP contribution < -0.4 is 10.1 Å². The van der Waals surface area contributed by atoms with E-state index in [1.165, 1.54) is 0 Å². The zero-order chi connectivity index (χ0) is 26.2. The van der Waals surface area contributed by atoms with Gasteiger partial charge < -0.3 is 19.7 Å². The zero-order valence-corrected chi connectivity index (χ0v) is 22.2. The van der Waals surface area contributed by atoms with Crippen LogP contribution in [0.15, 0.2) is 55.4 Å². The van der Waals surface area contributed by atoms with E-state index >= 15 is 0 Å². The van der Waals surface area contributed by atoms with Crippen molar-refractivity contribution in [1.82, 2.24) is 20.2 Å². The number of pyridine rings is 2. The fourth-order valence-electron chi connectivity index (χ4n) is 3.70. The number of aromatic nitrogens is 2. The SMILES string of the molecule is C=C/C=C(/c1cc(C)nc2c(OCc3c(Cl)cncc3CNC(=O)OCC(C)C)cccc12)N(C)C. The highest BCUT2D eigenvalue weighted by Gasteiger charge is 2.16. The van der Waals surface area contributed by atoms with E-state index in [0.29, 0.717) is 17.4 Å². The van der Waals surface area contributed by atoms with Crippen molar-refractivity contribution in [3.05, 3.63) is 82.8 Å². The molecular weight excluding hydrogens is 476 g/mol. The first-order valence-corrected chi connectivity index (χ1v) is 12.1. The number of ether oxygens (including phenoxy) is 2. The van der Waals surface area contributed by atoms with Gasteiger partial charge in [-0.05, 0) is 36.6 Å². The minimum atomic E-state index is -0.485. The van der Waals surface area contributed by atoms with Gasteiger partial charge in [0, 0.05) is 60.9 Å². The summed E-state index contributed by atoms with van der Waals surface area (Å²) in [6.45, 7) is 10.5. The van der Waals surface area contributed by atoms with Crippen LogP contribution in [0.5, 0.6) is 5.75 Å². The molecule has 1 aromatic carbocycles. The first-order chi connectivity index (χ1) is 17.2. The number of amides is 1. The quantitative estimate of drug-likeness (QED) is 0.331. The summed E-state index contributed by atoms with van der Waals surface area (Å²) in [5, 5.41) is 4.18. The van der Waals surface area contributed by atoms with Crippen LogP contribution in [0.4, 0.5) is 4.79 Å². The Labute approximate surface area is 217 Å². The second kappa shape index (κ2) is 12.4. The number of allylic oxidation sites excluding steroid dienone is 2. The van der Waals surface area contributed by atoms with E-state index in [0.717, 1.165) is 39.0 Å². The van der Waals surface area contributed by atoms with Crippen LogP contribution in [-0.2, 0) is 17.9 Å². The van der Waals surface area contributed by atoms with Crippen molar-refractivity contribution in [2.45, 2.75) is 33.9 Å². The maximum absolute atomic E-state index is 12.0. The molecule has 7 nitrogen and oxygen atoms in total. The normalized spacial score (nSPS) is 11.5. The number of nitrogens with zero attached hydrogens (tertiary/aromatic N) is 3. The highest BCUT2D eigenvalue weighted by Crippen LogP contribution is 2.32. The first kappa shape index (κ1) is 27.0. The van der Waals surface area contributed by atoms with Crippen molar-refractivity contribution in [1.29, 1.82) is 0 Å². The van der Waals surface area contributed by atoms with Crippen molar-refractivity contribution < 1.29 is 14.3 Å². The largest absolute Gasteiger partial charge is 0.487 e. The summed E-state index contributed by atoms with van der Waals surface area (Å²) >= 11 is 6.47. The average molecular weight is 509 g/mol. The summed E-state index contributed by atoms with van der Waals surface area (Å²) in [6, 6.07) is 7.92. The Balaban J connectivity index is 1.88. The number of para-hydroxylation sites is 1. The molecule has 0 saturated heterocycles. The minimum absolute atomic E-state index is 0.187. The number of carbonyl (C=O) groups is 1. The highest BCUT2D eigenvalue weighted by atomic mass is 35.5. The fraction of sp³-hybridized carbons (Fsp3) is 0.321. The molecular formula is C28H33ClN4O3. The molecule has 0 spiro atoms.